The second kappa shape index (κ2) is 5.47. The zero-order chi connectivity index (χ0) is 13.0. The SMILES string of the molecule is CC(C)(C)CNS(=O)(=O)CCOC(C)(C)C. The number of ether oxygens (including phenoxy) is 1. The average molecular weight is 251 g/mol. The predicted molar refractivity (Wildman–Crippen MR) is 66.9 cm³/mol. The van der Waals surface area contributed by atoms with Crippen LogP contribution in [-0.4, -0.2) is 32.9 Å². The van der Waals surface area contributed by atoms with Crippen molar-refractivity contribution in [3.8, 4) is 0 Å². The van der Waals surface area contributed by atoms with E-state index in [1.165, 1.54) is 0 Å². The summed E-state index contributed by atoms with van der Waals surface area (Å²) in [5.74, 6) is 0.0142. The minimum Gasteiger partial charge on any atom is -0.375 e. The molecule has 98 valence electrons. The molecule has 4 nitrogen and oxygen atoms in total. The van der Waals surface area contributed by atoms with Crippen molar-refractivity contribution in [1.29, 1.82) is 0 Å². The monoisotopic (exact) mass is 251 g/mol. The first-order chi connectivity index (χ1) is 6.91. The van der Waals surface area contributed by atoms with Crippen molar-refractivity contribution in [3.05, 3.63) is 0 Å². The Morgan fingerprint density at radius 3 is 1.94 bits per heavy atom. The Balaban J connectivity index is 3.99. The van der Waals surface area contributed by atoms with Crippen LogP contribution in [0.3, 0.4) is 0 Å². The lowest BCUT2D eigenvalue weighted by atomic mass is 9.98. The Hall–Kier alpha value is -0.130. The quantitative estimate of drug-likeness (QED) is 0.810. The van der Waals surface area contributed by atoms with Gasteiger partial charge in [0.05, 0.1) is 18.0 Å². The van der Waals surface area contributed by atoms with Crippen molar-refractivity contribution < 1.29 is 13.2 Å². The van der Waals surface area contributed by atoms with Gasteiger partial charge in [-0.15, -0.1) is 0 Å². The van der Waals surface area contributed by atoms with Crippen LogP contribution in [0, 0.1) is 5.41 Å². The molecule has 0 radical (unpaired) electrons. The molecule has 0 aliphatic carbocycles. The van der Waals surface area contributed by atoms with Crippen LogP contribution in [0.2, 0.25) is 0 Å². The number of rotatable bonds is 5. The Bertz CT molecular complexity index is 296. The molecule has 0 rings (SSSR count). The molecule has 0 aliphatic rings. The summed E-state index contributed by atoms with van der Waals surface area (Å²) in [5.41, 5.74) is -0.336. The molecular formula is C11H25NO3S. The molecule has 0 amide bonds. The summed E-state index contributed by atoms with van der Waals surface area (Å²) in [4.78, 5) is 0. The molecule has 0 heterocycles. The Morgan fingerprint density at radius 2 is 1.56 bits per heavy atom. The van der Waals surface area contributed by atoms with Gasteiger partial charge in [0.2, 0.25) is 10.0 Å². The molecule has 1 N–H and O–H groups in total. The van der Waals surface area contributed by atoms with E-state index in [4.69, 9.17) is 4.74 Å². The zero-order valence-electron chi connectivity index (χ0n) is 11.3. The maximum Gasteiger partial charge on any atom is 0.213 e. The molecule has 0 saturated heterocycles. The van der Waals surface area contributed by atoms with Gasteiger partial charge in [0.25, 0.3) is 0 Å². The van der Waals surface area contributed by atoms with Crippen LogP contribution >= 0.6 is 0 Å². The highest BCUT2D eigenvalue weighted by Gasteiger charge is 2.17. The molecule has 16 heavy (non-hydrogen) atoms. The fourth-order valence-corrected chi connectivity index (χ4v) is 1.96. The van der Waals surface area contributed by atoms with Gasteiger partial charge in [-0.2, -0.15) is 0 Å². The molecule has 0 aliphatic heterocycles. The summed E-state index contributed by atoms with van der Waals surface area (Å²) in [7, 11) is -3.21. The first-order valence-electron chi connectivity index (χ1n) is 5.53. The Labute approximate surface area is 99.8 Å². The molecule has 0 bridgehead atoms. The summed E-state index contributed by atoms with van der Waals surface area (Å²) in [5, 5.41) is 0. The molecule has 0 unspecified atom stereocenters. The van der Waals surface area contributed by atoms with Gasteiger partial charge in [-0.1, -0.05) is 20.8 Å². The molecule has 0 aromatic rings. The predicted octanol–water partition coefficient (Wildman–Crippen LogP) is 1.77. The van der Waals surface area contributed by atoms with Crippen LogP contribution in [0.25, 0.3) is 0 Å². The van der Waals surface area contributed by atoms with Crippen molar-refractivity contribution in [2.24, 2.45) is 5.41 Å². The van der Waals surface area contributed by atoms with Crippen molar-refractivity contribution in [1.82, 2.24) is 4.72 Å². The summed E-state index contributed by atoms with van der Waals surface area (Å²) < 4.78 is 31.1. The molecule has 0 saturated carbocycles. The van der Waals surface area contributed by atoms with Crippen LogP contribution in [0.5, 0.6) is 0 Å². The van der Waals surface area contributed by atoms with Crippen LogP contribution in [0.15, 0.2) is 0 Å². The number of nitrogens with one attached hydrogen (secondary N) is 1. The largest absolute Gasteiger partial charge is 0.375 e. The summed E-state index contributed by atoms with van der Waals surface area (Å²) in [6.07, 6.45) is 0. The standard InChI is InChI=1S/C11H25NO3S/c1-10(2,3)9-12-16(13,14)8-7-15-11(4,5)6/h12H,7-9H2,1-6H3. The number of hydrogen-bond donors (Lipinski definition) is 1. The third-order valence-corrected chi connectivity index (χ3v) is 3.00. The van der Waals surface area contributed by atoms with E-state index in [-0.39, 0.29) is 23.4 Å². The van der Waals surface area contributed by atoms with E-state index in [0.717, 1.165) is 0 Å². The van der Waals surface area contributed by atoms with Gasteiger partial charge in [-0.05, 0) is 26.2 Å². The number of hydrogen-bond acceptors (Lipinski definition) is 3. The molecule has 0 spiro atoms. The molecule has 0 atom stereocenters. The van der Waals surface area contributed by atoms with Gasteiger partial charge < -0.3 is 4.74 Å². The van der Waals surface area contributed by atoms with Crippen LogP contribution in [0.4, 0.5) is 0 Å². The first-order valence-corrected chi connectivity index (χ1v) is 7.18. The average Bonchev–Trinajstić information content (AvgIpc) is 1.97. The van der Waals surface area contributed by atoms with E-state index < -0.39 is 10.0 Å². The summed E-state index contributed by atoms with van der Waals surface area (Å²) in [6.45, 7) is 12.4. The zero-order valence-corrected chi connectivity index (χ0v) is 12.1. The van der Waals surface area contributed by atoms with E-state index >= 15 is 0 Å². The molecule has 0 aromatic heterocycles. The van der Waals surface area contributed by atoms with E-state index in [0.29, 0.717) is 6.54 Å². The topological polar surface area (TPSA) is 55.4 Å². The lowest BCUT2D eigenvalue weighted by Gasteiger charge is -2.21. The summed E-state index contributed by atoms with van der Waals surface area (Å²) in [6, 6.07) is 0. The first kappa shape index (κ1) is 15.9. The Kier molecular flexibility index (Phi) is 5.42. The normalized spacial score (nSPS) is 14.1. The summed E-state index contributed by atoms with van der Waals surface area (Å²) >= 11 is 0. The highest BCUT2D eigenvalue weighted by Crippen LogP contribution is 2.11. The molecule has 0 aromatic carbocycles. The minimum atomic E-state index is -3.21. The third kappa shape index (κ3) is 10.4. The fourth-order valence-electron chi connectivity index (χ4n) is 0.856. The van der Waals surface area contributed by atoms with E-state index in [2.05, 4.69) is 4.72 Å². The van der Waals surface area contributed by atoms with Gasteiger partial charge in [0, 0.05) is 6.54 Å². The second-order valence-corrected chi connectivity index (χ2v) is 8.09. The molecule has 5 heteroatoms. The smallest absolute Gasteiger partial charge is 0.213 e. The molecular weight excluding hydrogens is 226 g/mol. The van der Waals surface area contributed by atoms with Crippen molar-refractivity contribution in [2.75, 3.05) is 18.9 Å². The second-order valence-electron chi connectivity index (χ2n) is 6.16. The fraction of sp³-hybridized carbons (Fsp3) is 1.00. The maximum atomic E-state index is 11.6. The van der Waals surface area contributed by atoms with Crippen LogP contribution in [0.1, 0.15) is 41.5 Å². The van der Waals surface area contributed by atoms with Crippen molar-refractivity contribution >= 4 is 10.0 Å². The van der Waals surface area contributed by atoms with Crippen molar-refractivity contribution in [3.63, 3.8) is 0 Å². The molecule has 0 fully saturated rings. The van der Waals surface area contributed by atoms with Crippen molar-refractivity contribution in [2.45, 2.75) is 47.1 Å². The minimum absolute atomic E-state index is 0.0142. The van der Waals surface area contributed by atoms with E-state index in [9.17, 15) is 8.42 Å². The van der Waals surface area contributed by atoms with Crippen LogP contribution < -0.4 is 4.72 Å². The van der Waals surface area contributed by atoms with Gasteiger partial charge in [0.15, 0.2) is 0 Å². The third-order valence-electron chi connectivity index (χ3n) is 1.71. The number of sulfonamides is 1. The van der Waals surface area contributed by atoms with Crippen LogP contribution in [-0.2, 0) is 14.8 Å². The van der Waals surface area contributed by atoms with Gasteiger partial charge >= 0.3 is 0 Å². The van der Waals surface area contributed by atoms with Gasteiger partial charge in [-0.25, -0.2) is 13.1 Å². The maximum absolute atomic E-state index is 11.6. The van der Waals surface area contributed by atoms with E-state index in [1.54, 1.807) is 0 Å². The lowest BCUT2D eigenvalue weighted by molar-refractivity contribution is 0.00637. The van der Waals surface area contributed by atoms with E-state index in [1.807, 2.05) is 41.5 Å². The lowest BCUT2D eigenvalue weighted by Crippen LogP contribution is -2.35. The highest BCUT2D eigenvalue weighted by atomic mass is 32.2. The highest BCUT2D eigenvalue weighted by molar-refractivity contribution is 7.89. The van der Waals surface area contributed by atoms with Gasteiger partial charge in [-0.3, -0.25) is 0 Å². The Morgan fingerprint density at radius 1 is 1.06 bits per heavy atom. The van der Waals surface area contributed by atoms with Gasteiger partial charge in [0.1, 0.15) is 0 Å².